The lowest BCUT2D eigenvalue weighted by molar-refractivity contribution is -0.120. The van der Waals surface area contributed by atoms with Crippen LogP contribution < -0.4 is 11.1 Å². The highest BCUT2D eigenvalue weighted by molar-refractivity contribution is 6.17. The number of nitrogens with one attached hydrogen (secondary N) is 1. The van der Waals surface area contributed by atoms with Crippen LogP contribution in [0.5, 0.6) is 0 Å². The van der Waals surface area contributed by atoms with Crippen molar-refractivity contribution in [1.82, 2.24) is 4.98 Å². The second kappa shape index (κ2) is 8.70. The summed E-state index contributed by atoms with van der Waals surface area (Å²) in [5.41, 5.74) is 8.49. The Morgan fingerprint density at radius 2 is 2.13 bits per heavy atom. The van der Waals surface area contributed by atoms with E-state index in [2.05, 4.69) is 10.3 Å². The molecule has 1 heterocycles. The highest BCUT2D eigenvalue weighted by Crippen LogP contribution is 2.31. The highest BCUT2D eigenvalue weighted by Gasteiger charge is 2.15. The predicted octanol–water partition coefficient (Wildman–Crippen LogP) is 3.35. The predicted molar refractivity (Wildman–Crippen MR) is 94.9 cm³/mol. The number of anilines is 2. The van der Waals surface area contributed by atoms with Gasteiger partial charge in [0.15, 0.2) is 0 Å². The first-order valence-corrected chi connectivity index (χ1v) is 8.31. The normalized spacial score (nSPS) is 10.9. The number of rotatable bonds is 8. The molecule has 5 nitrogen and oxygen atoms in total. The van der Waals surface area contributed by atoms with Gasteiger partial charge in [0, 0.05) is 17.9 Å². The molecular formula is C17H22ClN3O2. The van der Waals surface area contributed by atoms with Gasteiger partial charge in [0.05, 0.1) is 11.2 Å². The minimum atomic E-state index is -0.228. The molecule has 0 aliphatic heterocycles. The average molecular weight is 336 g/mol. The maximum atomic E-state index is 12.0. The molecule has 0 atom stereocenters. The summed E-state index contributed by atoms with van der Waals surface area (Å²) < 4.78 is 5.14. The fraction of sp³-hybridized carbons (Fsp3) is 0.412. The highest BCUT2D eigenvalue weighted by atomic mass is 35.5. The summed E-state index contributed by atoms with van der Waals surface area (Å²) in [6.07, 6.45) is 2.61. The van der Waals surface area contributed by atoms with Gasteiger partial charge in [0.2, 0.25) is 5.91 Å². The molecule has 6 heteroatoms. The number of unbranched alkanes of at least 4 members (excludes halogenated alkanes) is 1. The molecule has 2 rings (SSSR count). The first-order valence-electron chi connectivity index (χ1n) is 7.78. The molecule has 124 valence electrons. The van der Waals surface area contributed by atoms with E-state index in [9.17, 15) is 4.79 Å². The van der Waals surface area contributed by atoms with Gasteiger partial charge in [-0.05, 0) is 37.8 Å². The Bertz CT molecular complexity index is 676. The van der Waals surface area contributed by atoms with E-state index in [-0.39, 0.29) is 12.5 Å². The summed E-state index contributed by atoms with van der Waals surface area (Å²) in [6.45, 7) is 2.34. The second-order valence-electron chi connectivity index (χ2n) is 5.20. The summed E-state index contributed by atoms with van der Waals surface area (Å²) in [7, 11) is 0. The topological polar surface area (TPSA) is 77.2 Å². The van der Waals surface area contributed by atoms with Gasteiger partial charge in [-0.25, -0.2) is 4.98 Å². The van der Waals surface area contributed by atoms with E-state index in [1.165, 1.54) is 0 Å². The Balaban J connectivity index is 2.37. The van der Waals surface area contributed by atoms with E-state index in [0.29, 0.717) is 24.0 Å². The Morgan fingerprint density at radius 1 is 1.35 bits per heavy atom. The van der Waals surface area contributed by atoms with Crippen LogP contribution in [0.4, 0.5) is 11.5 Å². The lowest BCUT2D eigenvalue weighted by Crippen LogP contribution is -2.20. The van der Waals surface area contributed by atoms with Gasteiger partial charge >= 0.3 is 0 Å². The van der Waals surface area contributed by atoms with Crippen LogP contribution in [0, 0.1) is 0 Å². The Kier molecular flexibility index (Phi) is 6.62. The fourth-order valence-corrected chi connectivity index (χ4v) is 2.66. The SMILES string of the molecule is CCOCC(=O)Nc1c(N)nc2ccccc2c1CCCCCl. The standard InChI is InChI=1S/C17H22ClN3O2/c1-2-23-11-15(22)21-16-13(8-5-6-10-18)12-7-3-4-9-14(12)20-17(16)19/h3-4,7,9H,2,5-6,8,10-11H2,1H3,(H2,19,20)(H,21,22). The van der Waals surface area contributed by atoms with Crippen molar-refractivity contribution < 1.29 is 9.53 Å². The Morgan fingerprint density at radius 3 is 2.87 bits per heavy atom. The molecule has 1 aromatic carbocycles. The molecule has 0 unspecified atom stereocenters. The van der Waals surface area contributed by atoms with Crippen molar-refractivity contribution in [3.05, 3.63) is 29.8 Å². The number of nitrogens with zero attached hydrogens (tertiary/aromatic N) is 1. The number of amides is 1. The zero-order valence-corrected chi connectivity index (χ0v) is 14.0. The number of hydrogen-bond donors (Lipinski definition) is 2. The number of benzene rings is 1. The minimum absolute atomic E-state index is 0.00386. The zero-order valence-electron chi connectivity index (χ0n) is 13.3. The molecule has 0 aliphatic rings. The number of pyridine rings is 1. The summed E-state index contributed by atoms with van der Waals surface area (Å²) in [5.74, 6) is 0.716. The molecular weight excluding hydrogens is 314 g/mol. The van der Waals surface area contributed by atoms with Crippen molar-refractivity contribution in [2.45, 2.75) is 26.2 Å². The molecule has 23 heavy (non-hydrogen) atoms. The Labute approximate surface area is 141 Å². The van der Waals surface area contributed by atoms with Gasteiger partial charge in [-0.15, -0.1) is 11.6 Å². The van der Waals surface area contributed by atoms with E-state index in [1.807, 2.05) is 31.2 Å². The third kappa shape index (κ3) is 4.56. The monoisotopic (exact) mass is 335 g/mol. The molecule has 0 spiro atoms. The number of carbonyl (C=O) groups excluding carboxylic acids is 1. The lowest BCUT2D eigenvalue weighted by atomic mass is 10.0. The Hall–Kier alpha value is -1.85. The lowest BCUT2D eigenvalue weighted by Gasteiger charge is -2.16. The van der Waals surface area contributed by atoms with Gasteiger partial charge < -0.3 is 15.8 Å². The van der Waals surface area contributed by atoms with E-state index in [4.69, 9.17) is 22.1 Å². The number of halogens is 1. The molecule has 0 radical (unpaired) electrons. The third-order valence-electron chi connectivity index (χ3n) is 3.54. The number of para-hydroxylation sites is 1. The molecule has 0 saturated heterocycles. The first kappa shape index (κ1) is 17.5. The van der Waals surface area contributed by atoms with Crippen molar-refractivity contribution in [2.75, 3.05) is 30.1 Å². The summed E-state index contributed by atoms with van der Waals surface area (Å²) >= 11 is 5.78. The average Bonchev–Trinajstić information content (AvgIpc) is 2.55. The number of fused-ring (bicyclic) bond motifs is 1. The van der Waals surface area contributed by atoms with Crippen molar-refractivity contribution in [3.63, 3.8) is 0 Å². The zero-order chi connectivity index (χ0) is 16.7. The molecule has 1 amide bonds. The molecule has 1 aromatic heterocycles. The number of carbonyl (C=O) groups is 1. The van der Waals surface area contributed by atoms with Gasteiger partial charge in [0.25, 0.3) is 0 Å². The van der Waals surface area contributed by atoms with Crippen molar-refractivity contribution in [2.24, 2.45) is 0 Å². The molecule has 3 N–H and O–H groups in total. The van der Waals surface area contributed by atoms with Crippen molar-refractivity contribution in [3.8, 4) is 0 Å². The number of nitrogen functional groups attached to an aromatic ring is 1. The number of alkyl halides is 1. The van der Waals surface area contributed by atoms with E-state index in [0.717, 1.165) is 35.7 Å². The van der Waals surface area contributed by atoms with Crippen LogP contribution in [0.25, 0.3) is 10.9 Å². The molecule has 0 saturated carbocycles. The van der Waals surface area contributed by atoms with Crippen LogP contribution in [-0.4, -0.2) is 30.0 Å². The van der Waals surface area contributed by atoms with Crippen LogP contribution in [0.15, 0.2) is 24.3 Å². The number of ether oxygens (including phenoxy) is 1. The van der Waals surface area contributed by atoms with Crippen LogP contribution in [0.3, 0.4) is 0 Å². The third-order valence-corrected chi connectivity index (χ3v) is 3.81. The molecule has 0 aliphatic carbocycles. The van der Waals surface area contributed by atoms with Crippen molar-refractivity contribution >= 4 is 39.9 Å². The van der Waals surface area contributed by atoms with Crippen LogP contribution >= 0.6 is 11.6 Å². The molecule has 2 aromatic rings. The van der Waals surface area contributed by atoms with Crippen molar-refractivity contribution in [1.29, 1.82) is 0 Å². The van der Waals surface area contributed by atoms with E-state index in [1.54, 1.807) is 0 Å². The first-order chi connectivity index (χ1) is 11.2. The van der Waals surface area contributed by atoms with Gasteiger partial charge in [-0.3, -0.25) is 4.79 Å². The van der Waals surface area contributed by atoms with E-state index >= 15 is 0 Å². The van der Waals surface area contributed by atoms with Gasteiger partial charge in [0.1, 0.15) is 12.4 Å². The quantitative estimate of drug-likeness (QED) is 0.573. The number of aryl methyl sites for hydroxylation is 1. The molecule has 0 bridgehead atoms. The number of hydrogen-bond acceptors (Lipinski definition) is 4. The molecule has 0 fully saturated rings. The summed E-state index contributed by atoms with van der Waals surface area (Å²) in [4.78, 5) is 16.4. The number of nitrogens with two attached hydrogens (primary N) is 1. The van der Waals surface area contributed by atoms with Crippen LogP contribution in [0.1, 0.15) is 25.3 Å². The smallest absolute Gasteiger partial charge is 0.250 e. The number of aromatic nitrogens is 1. The van der Waals surface area contributed by atoms with Gasteiger partial charge in [-0.1, -0.05) is 18.2 Å². The van der Waals surface area contributed by atoms with Crippen LogP contribution in [0.2, 0.25) is 0 Å². The second-order valence-corrected chi connectivity index (χ2v) is 5.58. The summed E-state index contributed by atoms with van der Waals surface area (Å²) in [5, 5.41) is 3.85. The minimum Gasteiger partial charge on any atom is -0.382 e. The van der Waals surface area contributed by atoms with E-state index < -0.39 is 0 Å². The van der Waals surface area contributed by atoms with Gasteiger partial charge in [-0.2, -0.15) is 0 Å². The fourth-order valence-electron chi connectivity index (χ4n) is 2.47. The van der Waals surface area contributed by atoms with Crippen LogP contribution in [-0.2, 0) is 16.0 Å². The summed E-state index contributed by atoms with van der Waals surface area (Å²) in [6, 6.07) is 7.79. The maximum absolute atomic E-state index is 12.0. The largest absolute Gasteiger partial charge is 0.382 e. The maximum Gasteiger partial charge on any atom is 0.250 e.